The lowest BCUT2D eigenvalue weighted by Gasteiger charge is -2.03. The lowest BCUT2D eigenvalue weighted by Crippen LogP contribution is -2.16. The van der Waals surface area contributed by atoms with Crippen LogP contribution in [0, 0.1) is 11.3 Å². The van der Waals surface area contributed by atoms with Gasteiger partial charge in [0, 0.05) is 18.3 Å². The molecular formula is C15H14N4OS. The summed E-state index contributed by atoms with van der Waals surface area (Å²) in [6.07, 6.45) is 1.30. The van der Waals surface area contributed by atoms with Crippen LogP contribution in [0.4, 0.5) is 0 Å². The quantitative estimate of drug-likeness (QED) is 0.517. The monoisotopic (exact) mass is 298 g/mol. The van der Waals surface area contributed by atoms with Gasteiger partial charge in [0.2, 0.25) is 0 Å². The molecule has 1 aromatic carbocycles. The maximum absolute atomic E-state index is 11.1. The van der Waals surface area contributed by atoms with E-state index in [9.17, 15) is 4.79 Å². The predicted molar refractivity (Wildman–Crippen MR) is 84.1 cm³/mol. The van der Waals surface area contributed by atoms with Gasteiger partial charge in [-0.15, -0.1) is 12.6 Å². The molecule has 0 aliphatic carbocycles. The van der Waals surface area contributed by atoms with E-state index in [0.717, 1.165) is 21.8 Å². The van der Waals surface area contributed by atoms with E-state index in [0.29, 0.717) is 0 Å². The molecule has 0 radical (unpaired) electrons. The van der Waals surface area contributed by atoms with Crippen molar-refractivity contribution in [1.29, 1.82) is 5.26 Å². The first-order valence-corrected chi connectivity index (χ1v) is 6.71. The van der Waals surface area contributed by atoms with Crippen molar-refractivity contribution in [2.75, 3.05) is 0 Å². The van der Waals surface area contributed by atoms with Gasteiger partial charge in [0.25, 0.3) is 5.91 Å². The van der Waals surface area contributed by atoms with Crippen molar-refractivity contribution < 1.29 is 4.79 Å². The Morgan fingerprint density at radius 2 is 2.19 bits per heavy atom. The lowest BCUT2D eigenvalue weighted by molar-refractivity contribution is -0.120. The average molecular weight is 298 g/mol. The zero-order valence-electron chi connectivity index (χ0n) is 11.4. The van der Waals surface area contributed by atoms with Crippen LogP contribution < -0.4 is 5.43 Å². The van der Waals surface area contributed by atoms with Crippen molar-refractivity contribution >= 4 is 24.8 Å². The van der Waals surface area contributed by atoms with Crippen molar-refractivity contribution in [3.63, 3.8) is 0 Å². The molecule has 0 bridgehead atoms. The minimum atomic E-state index is -0.436. The molecule has 0 saturated heterocycles. The summed E-state index contributed by atoms with van der Waals surface area (Å²) in [5.41, 5.74) is 5.16. The molecule has 0 aliphatic rings. The molecule has 1 aromatic heterocycles. The van der Waals surface area contributed by atoms with Crippen LogP contribution in [0.5, 0.6) is 0 Å². The van der Waals surface area contributed by atoms with Crippen LogP contribution in [-0.2, 0) is 11.8 Å². The number of amides is 1. The molecule has 0 atom stereocenters. The summed E-state index contributed by atoms with van der Waals surface area (Å²) in [7, 11) is 1.91. The first-order chi connectivity index (χ1) is 10.1. The zero-order valence-corrected chi connectivity index (χ0v) is 12.3. The van der Waals surface area contributed by atoms with Gasteiger partial charge in [0.1, 0.15) is 6.42 Å². The van der Waals surface area contributed by atoms with Gasteiger partial charge in [-0.3, -0.25) is 4.79 Å². The van der Waals surface area contributed by atoms with Crippen molar-refractivity contribution in [2.24, 2.45) is 12.1 Å². The fraction of sp³-hybridized carbons (Fsp3) is 0.133. The van der Waals surface area contributed by atoms with Gasteiger partial charge in [-0.25, -0.2) is 5.43 Å². The number of carbonyl (C=O) groups is 1. The SMILES string of the molecule is Cn1c(-c2ccccc2)cc(/C=N/NC(=O)CC#N)c1S. The molecule has 0 aliphatic heterocycles. The summed E-state index contributed by atoms with van der Waals surface area (Å²) in [5, 5.41) is 13.0. The second-order valence-electron chi connectivity index (χ2n) is 4.36. The number of hydrogen-bond acceptors (Lipinski definition) is 4. The van der Waals surface area contributed by atoms with Crippen LogP contribution in [-0.4, -0.2) is 16.7 Å². The van der Waals surface area contributed by atoms with Gasteiger partial charge in [-0.05, 0) is 11.6 Å². The maximum Gasteiger partial charge on any atom is 0.254 e. The molecule has 2 aromatic rings. The lowest BCUT2D eigenvalue weighted by atomic mass is 10.1. The van der Waals surface area contributed by atoms with E-state index >= 15 is 0 Å². The number of hydrazone groups is 1. The number of rotatable bonds is 4. The van der Waals surface area contributed by atoms with Gasteiger partial charge < -0.3 is 4.57 Å². The number of nitriles is 1. The smallest absolute Gasteiger partial charge is 0.254 e. The molecule has 0 unspecified atom stereocenters. The largest absolute Gasteiger partial charge is 0.339 e. The summed E-state index contributed by atoms with van der Waals surface area (Å²) in [4.78, 5) is 11.1. The molecule has 21 heavy (non-hydrogen) atoms. The normalized spacial score (nSPS) is 10.5. The highest BCUT2D eigenvalue weighted by atomic mass is 32.1. The third kappa shape index (κ3) is 3.52. The number of aromatic nitrogens is 1. The molecule has 2 rings (SSSR count). The minimum absolute atomic E-state index is 0.213. The van der Waals surface area contributed by atoms with Crippen LogP contribution >= 0.6 is 12.6 Å². The van der Waals surface area contributed by atoms with Crippen LogP contribution in [0.25, 0.3) is 11.3 Å². The molecule has 0 spiro atoms. The van der Waals surface area contributed by atoms with E-state index < -0.39 is 5.91 Å². The number of hydrogen-bond donors (Lipinski definition) is 2. The van der Waals surface area contributed by atoms with Gasteiger partial charge in [0.15, 0.2) is 0 Å². The van der Waals surface area contributed by atoms with Crippen molar-refractivity contribution in [3.8, 4) is 17.3 Å². The average Bonchev–Trinajstić information content (AvgIpc) is 2.77. The van der Waals surface area contributed by atoms with Crippen molar-refractivity contribution in [2.45, 2.75) is 11.4 Å². The van der Waals surface area contributed by atoms with Crippen molar-refractivity contribution in [1.82, 2.24) is 9.99 Å². The topological polar surface area (TPSA) is 70.2 Å². The third-order valence-corrected chi connectivity index (χ3v) is 3.49. The summed E-state index contributed by atoms with van der Waals surface area (Å²) >= 11 is 4.45. The first-order valence-electron chi connectivity index (χ1n) is 6.26. The van der Waals surface area contributed by atoms with Crippen LogP contribution in [0.15, 0.2) is 46.5 Å². The van der Waals surface area contributed by atoms with Crippen molar-refractivity contribution in [3.05, 3.63) is 42.0 Å². The van der Waals surface area contributed by atoms with Gasteiger partial charge in [-0.2, -0.15) is 10.4 Å². The van der Waals surface area contributed by atoms with Gasteiger partial charge >= 0.3 is 0 Å². The van der Waals surface area contributed by atoms with Crippen LogP contribution in [0.2, 0.25) is 0 Å². The number of carbonyl (C=O) groups excluding carboxylic acids is 1. The summed E-state index contributed by atoms with van der Waals surface area (Å²) in [6.45, 7) is 0. The first kappa shape index (κ1) is 14.9. The number of thiol groups is 1. The van der Waals surface area contributed by atoms with E-state index in [2.05, 4.69) is 23.2 Å². The predicted octanol–water partition coefficient (Wildman–Crippen LogP) is 2.34. The Hall–Kier alpha value is -2.52. The molecule has 106 valence electrons. The summed E-state index contributed by atoms with van der Waals surface area (Å²) in [5.74, 6) is -0.436. The Morgan fingerprint density at radius 3 is 2.86 bits per heavy atom. The fourth-order valence-corrected chi connectivity index (χ4v) is 2.11. The summed E-state index contributed by atoms with van der Waals surface area (Å²) < 4.78 is 1.94. The number of nitrogens with one attached hydrogen (secondary N) is 1. The molecule has 0 saturated carbocycles. The maximum atomic E-state index is 11.1. The highest BCUT2D eigenvalue weighted by Gasteiger charge is 2.09. The standard InChI is InChI=1S/C15H14N4OS/c1-19-13(11-5-3-2-4-6-11)9-12(15(19)21)10-17-18-14(20)7-8-16/h2-6,9-10,21H,7H2,1H3,(H,18,20)/b17-10+. The highest BCUT2D eigenvalue weighted by molar-refractivity contribution is 7.80. The van der Waals surface area contributed by atoms with E-state index in [1.165, 1.54) is 6.21 Å². The van der Waals surface area contributed by atoms with Crippen LogP contribution in [0.3, 0.4) is 0 Å². The number of nitrogens with zero attached hydrogens (tertiary/aromatic N) is 3. The fourth-order valence-electron chi connectivity index (χ4n) is 1.88. The Labute approximate surface area is 128 Å². The van der Waals surface area contributed by atoms with Gasteiger partial charge in [0.05, 0.1) is 17.3 Å². The van der Waals surface area contributed by atoms with E-state index in [1.54, 1.807) is 6.07 Å². The molecule has 0 fully saturated rings. The molecule has 5 nitrogen and oxygen atoms in total. The number of benzene rings is 1. The molecule has 1 amide bonds. The zero-order chi connectivity index (χ0) is 15.2. The third-order valence-electron chi connectivity index (χ3n) is 2.93. The van der Waals surface area contributed by atoms with Crippen LogP contribution in [0.1, 0.15) is 12.0 Å². The Bertz CT molecular complexity index is 713. The highest BCUT2D eigenvalue weighted by Crippen LogP contribution is 2.26. The summed E-state index contributed by atoms with van der Waals surface area (Å²) in [6, 6.07) is 13.6. The molecule has 1 heterocycles. The Morgan fingerprint density at radius 1 is 1.48 bits per heavy atom. The second kappa shape index (κ2) is 6.77. The molecular weight excluding hydrogens is 284 g/mol. The molecule has 1 N–H and O–H groups in total. The van der Waals surface area contributed by atoms with E-state index in [1.807, 2.05) is 48.0 Å². The minimum Gasteiger partial charge on any atom is -0.339 e. The Balaban J connectivity index is 2.21. The van der Waals surface area contributed by atoms with E-state index in [-0.39, 0.29) is 6.42 Å². The second-order valence-corrected chi connectivity index (χ2v) is 4.79. The van der Waals surface area contributed by atoms with E-state index in [4.69, 9.17) is 5.26 Å². The Kier molecular flexibility index (Phi) is 4.80. The van der Waals surface area contributed by atoms with Gasteiger partial charge in [-0.1, -0.05) is 30.3 Å². The molecule has 6 heteroatoms.